The number of nitrogens with zero attached hydrogens (tertiary/aromatic N) is 2. The van der Waals surface area contributed by atoms with E-state index in [1.54, 1.807) is 16.9 Å². The lowest BCUT2D eigenvalue weighted by Gasteiger charge is -2.23. The molecule has 0 saturated heterocycles. The van der Waals surface area contributed by atoms with E-state index in [0.29, 0.717) is 0 Å². The van der Waals surface area contributed by atoms with Gasteiger partial charge in [-0.2, -0.15) is 0 Å². The standard InChI is InChI=1S/C16H21BrN2S/c1-11-10-19-15(12(2)18-16(19)20-11)8-14(9-17)13-6-4-3-5-7-13/h8,10,13H,3-7,9H2,1-2H3/b14-8-. The highest BCUT2D eigenvalue weighted by Crippen LogP contribution is 2.32. The summed E-state index contributed by atoms with van der Waals surface area (Å²) in [6.45, 7) is 4.27. The summed E-state index contributed by atoms with van der Waals surface area (Å²) in [5.74, 6) is 0.757. The number of rotatable bonds is 3. The molecule has 0 bridgehead atoms. The van der Waals surface area contributed by atoms with Crippen molar-refractivity contribution in [2.45, 2.75) is 46.0 Å². The molecular formula is C16H21BrN2S. The molecule has 0 spiro atoms. The van der Waals surface area contributed by atoms with Gasteiger partial charge in [-0.15, -0.1) is 11.3 Å². The monoisotopic (exact) mass is 352 g/mol. The molecule has 1 saturated carbocycles. The number of imidazole rings is 1. The topological polar surface area (TPSA) is 17.3 Å². The first-order chi connectivity index (χ1) is 9.69. The zero-order chi connectivity index (χ0) is 14.1. The Bertz CT molecular complexity index is 632. The van der Waals surface area contributed by atoms with Crippen molar-refractivity contribution < 1.29 is 0 Å². The molecule has 108 valence electrons. The minimum absolute atomic E-state index is 0.757. The molecule has 0 unspecified atom stereocenters. The van der Waals surface area contributed by atoms with Gasteiger partial charge in [-0.1, -0.05) is 40.8 Å². The van der Waals surface area contributed by atoms with Gasteiger partial charge in [0.05, 0.1) is 11.4 Å². The molecule has 20 heavy (non-hydrogen) atoms. The van der Waals surface area contributed by atoms with Crippen molar-refractivity contribution in [3.63, 3.8) is 0 Å². The molecule has 2 aromatic heterocycles. The molecule has 0 aromatic carbocycles. The predicted molar refractivity (Wildman–Crippen MR) is 90.9 cm³/mol. The number of hydrogen-bond acceptors (Lipinski definition) is 2. The summed E-state index contributed by atoms with van der Waals surface area (Å²) in [6.07, 6.45) is 11.5. The first-order valence-electron chi connectivity index (χ1n) is 7.40. The Labute approximate surface area is 133 Å². The molecular weight excluding hydrogens is 332 g/mol. The lowest BCUT2D eigenvalue weighted by atomic mass is 9.84. The van der Waals surface area contributed by atoms with Gasteiger partial charge in [-0.3, -0.25) is 4.40 Å². The third-order valence-corrected chi connectivity index (χ3v) is 5.81. The third kappa shape index (κ3) is 2.73. The van der Waals surface area contributed by atoms with Crippen molar-refractivity contribution in [1.29, 1.82) is 0 Å². The Morgan fingerprint density at radius 3 is 2.85 bits per heavy atom. The number of halogens is 1. The fraction of sp³-hybridized carbons (Fsp3) is 0.562. The first-order valence-corrected chi connectivity index (χ1v) is 9.34. The summed E-state index contributed by atoms with van der Waals surface area (Å²) in [6, 6.07) is 0. The number of aryl methyl sites for hydroxylation is 2. The van der Waals surface area contributed by atoms with Gasteiger partial charge in [0.2, 0.25) is 0 Å². The first kappa shape index (κ1) is 14.3. The van der Waals surface area contributed by atoms with E-state index >= 15 is 0 Å². The van der Waals surface area contributed by atoms with E-state index in [-0.39, 0.29) is 0 Å². The number of fused-ring (bicyclic) bond motifs is 1. The number of hydrogen-bond donors (Lipinski definition) is 0. The van der Waals surface area contributed by atoms with Crippen molar-refractivity contribution in [3.8, 4) is 0 Å². The summed E-state index contributed by atoms with van der Waals surface area (Å²) in [5.41, 5.74) is 3.95. The van der Waals surface area contributed by atoms with Gasteiger partial charge in [0.15, 0.2) is 4.96 Å². The lowest BCUT2D eigenvalue weighted by molar-refractivity contribution is 0.405. The van der Waals surface area contributed by atoms with E-state index in [4.69, 9.17) is 0 Å². The van der Waals surface area contributed by atoms with Crippen LogP contribution in [0.3, 0.4) is 0 Å². The average molecular weight is 353 g/mol. The maximum Gasteiger partial charge on any atom is 0.194 e. The van der Waals surface area contributed by atoms with Crippen LogP contribution in [0.2, 0.25) is 0 Å². The van der Waals surface area contributed by atoms with Gasteiger partial charge in [-0.25, -0.2) is 4.98 Å². The van der Waals surface area contributed by atoms with Crippen LogP contribution in [0, 0.1) is 19.8 Å². The molecule has 0 N–H and O–H groups in total. The van der Waals surface area contributed by atoms with Gasteiger partial charge >= 0.3 is 0 Å². The highest BCUT2D eigenvalue weighted by molar-refractivity contribution is 9.09. The predicted octanol–water partition coefficient (Wildman–Crippen LogP) is 5.37. The van der Waals surface area contributed by atoms with Crippen molar-refractivity contribution in [2.24, 2.45) is 5.92 Å². The maximum absolute atomic E-state index is 4.69. The van der Waals surface area contributed by atoms with Gasteiger partial charge in [-0.05, 0) is 38.7 Å². The summed E-state index contributed by atoms with van der Waals surface area (Å²) in [4.78, 5) is 7.12. The molecule has 2 nitrogen and oxygen atoms in total. The van der Waals surface area contributed by atoms with Crippen LogP contribution in [-0.2, 0) is 0 Å². The molecule has 2 heterocycles. The molecule has 3 rings (SSSR count). The second-order valence-corrected chi connectivity index (χ2v) is 7.54. The number of thiazole rings is 1. The highest BCUT2D eigenvalue weighted by Gasteiger charge is 2.18. The summed E-state index contributed by atoms with van der Waals surface area (Å²) >= 11 is 5.46. The molecule has 0 radical (unpaired) electrons. The molecule has 0 atom stereocenters. The van der Waals surface area contributed by atoms with Gasteiger partial charge in [0, 0.05) is 16.4 Å². The average Bonchev–Trinajstić information content (AvgIpc) is 2.93. The molecule has 0 aliphatic heterocycles. The molecule has 1 aliphatic carbocycles. The van der Waals surface area contributed by atoms with E-state index in [1.807, 2.05) is 0 Å². The lowest BCUT2D eigenvalue weighted by Crippen LogP contribution is -2.10. The van der Waals surface area contributed by atoms with Crippen molar-refractivity contribution >= 4 is 38.3 Å². The maximum atomic E-state index is 4.69. The Kier molecular flexibility index (Phi) is 4.32. The second-order valence-electron chi connectivity index (χ2n) is 5.76. The van der Waals surface area contributed by atoms with Gasteiger partial charge in [0.1, 0.15) is 0 Å². The largest absolute Gasteiger partial charge is 0.290 e. The Morgan fingerprint density at radius 2 is 2.15 bits per heavy atom. The van der Waals surface area contributed by atoms with Crippen LogP contribution in [0.15, 0.2) is 11.8 Å². The summed E-state index contributed by atoms with van der Waals surface area (Å²) in [5, 5.41) is 0.980. The zero-order valence-corrected chi connectivity index (χ0v) is 14.6. The third-order valence-electron chi connectivity index (χ3n) is 4.27. The summed E-state index contributed by atoms with van der Waals surface area (Å²) in [7, 11) is 0. The summed E-state index contributed by atoms with van der Waals surface area (Å²) < 4.78 is 2.25. The molecule has 4 heteroatoms. The quantitative estimate of drug-likeness (QED) is 0.678. The Morgan fingerprint density at radius 1 is 1.40 bits per heavy atom. The van der Waals surface area contributed by atoms with Crippen molar-refractivity contribution in [3.05, 3.63) is 28.0 Å². The van der Waals surface area contributed by atoms with Crippen LogP contribution in [0.5, 0.6) is 0 Å². The van der Waals surface area contributed by atoms with E-state index in [0.717, 1.165) is 21.9 Å². The number of alkyl halides is 1. The smallest absolute Gasteiger partial charge is 0.194 e. The fourth-order valence-corrected chi connectivity index (χ4v) is 4.67. The molecule has 1 fully saturated rings. The highest BCUT2D eigenvalue weighted by atomic mass is 79.9. The minimum Gasteiger partial charge on any atom is -0.290 e. The number of aromatic nitrogens is 2. The van der Waals surface area contributed by atoms with Crippen LogP contribution in [0.25, 0.3) is 11.0 Å². The van der Waals surface area contributed by atoms with E-state index in [1.165, 1.54) is 42.7 Å². The second kappa shape index (κ2) is 6.02. The van der Waals surface area contributed by atoms with Gasteiger partial charge in [0.25, 0.3) is 0 Å². The van der Waals surface area contributed by atoms with Crippen molar-refractivity contribution in [2.75, 3.05) is 5.33 Å². The van der Waals surface area contributed by atoms with Crippen LogP contribution in [0.1, 0.15) is 48.4 Å². The Hall–Kier alpha value is -0.610. The zero-order valence-electron chi connectivity index (χ0n) is 12.2. The van der Waals surface area contributed by atoms with E-state index < -0.39 is 0 Å². The van der Waals surface area contributed by atoms with Crippen LogP contribution in [0.4, 0.5) is 0 Å². The molecule has 0 amide bonds. The minimum atomic E-state index is 0.757. The van der Waals surface area contributed by atoms with Crippen molar-refractivity contribution in [1.82, 2.24) is 9.38 Å². The number of allylic oxidation sites excluding steroid dienone is 1. The van der Waals surface area contributed by atoms with Crippen LogP contribution >= 0.6 is 27.3 Å². The SMILES string of the molecule is Cc1cn2c(/C=C(/CBr)C3CCCCC3)c(C)nc2s1. The van der Waals surface area contributed by atoms with Crippen LogP contribution < -0.4 is 0 Å². The Balaban J connectivity index is 1.99. The van der Waals surface area contributed by atoms with E-state index in [9.17, 15) is 0 Å². The molecule has 2 aromatic rings. The van der Waals surface area contributed by atoms with E-state index in [2.05, 4.69) is 51.4 Å². The molecule has 1 aliphatic rings. The normalized spacial score (nSPS) is 18.1. The van der Waals surface area contributed by atoms with Gasteiger partial charge < -0.3 is 0 Å². The fourth-order valence-electron chi connectivity index (χ4n) is 3.17. The van der Waals surface area contributed by atoms with Crippen LogP contribution in [-0.4, -0.2) is 14.7 Å².